The molecule has 0 radical (unpaired) electrons. The summed E-state index contributed by atoms with van der Waals surface area (Å²) in [6, 6.07) is 7.16. The highest BCUT2D eigenvalue weighted by molar-refractivity contribution is 6.88. The third-order valence-electron chi connectivity index (χ3n) is 5.42. The minimum atomic E-state index is -1.44. The summed E-state index contributed by atoms with van der Waals surface area (Å²) < 4.78 is 4.90. The number of benzene rings is 1. The summed E-state index contributed by atoms with van der Waals surface area (Å²) in [4.78, 5) is 32.2. The molecule has 0 atom stereocenters. The van der Waals surface area contributed by atoms with Crippen molar-refractivity contribution in [1.29, 1.82) is 0 Å². The van der Waals surface area contributed by atoms with Gasteiger partial charge in [0.15, 0.2) is 0 Å². The summed E-state index contributed by atoms with van der Waals surface area (Å²) in [7, 11) is -1.44. The van der Waals surface area contributed by atoms with Crippen molar-refractivity contribution in [2.45, 2.75) is 104 Å². The summed E-state index contributed by atoms with van der Waals surface area (Å²) in [6.07, 6.45) is 13.8. The van der Waals surface area contributed by atoms with E-state index in [1.165, 1.54) is 63.0 Å². The van der Waals surface area contributed by atoms with Crippen LogP contribution in [0.4, 0.5) is 4.79 Å². The minimum absolute atomic E-state index is 0.256. The fourth-order valence-corrected chi connectivity index (χ4v) is 4.52. The number of rotatable bonds is 17. The lowest BCUT2D eigenvalue weighted by Gasteiger charge is -2.16. The molecule has 0 fully saturated rings. The molecule has 0 saturated heterocycles. The van der Waals surface area contributed by atoms with Gasteiger partial charge in [0.25, 0.3) is 0 Å². The van der Waals surface area contributed by atoms with Crippen LogP contribution in [0.25, 0.3) is 0 Å². The predicted molar refractivity (Wildman–Crippen MR) is 129 cm³/mol. The van der Waals surface area contributed by atoms with E-state index < -0.39 is 20.2 Å². The van der Waals surface area contributed by atoms with Crippen molar-refractivity contribution < 1.29 is 29.1 Å². The molecule has 182 valence electrons. The van der Waals surface area contributed by atoms with Crippen LogP contribution in [0.15, 0.2) is 24.3 Å². The molecule has 1 rings (SSSR count). The summed E-state index contributed by atoms with van der Waals surface area (Å²) in [5.74, 6) is -0.735. The van der Waals surface area contributed by atoms with Crippen LogP contribution >= 0.6 is 0 Å². The number of ether oxygens (including phenoxy) is 1. The van der Waals surface area contributed by atoms with Crippen molar-refractivity contribution in [3.05, 3.63) is 29.8 Å². The van der Waals surface area contributed by atoms with E-state index in [4.69, 9.17) is 4.74 Å². The number of hydrogen-bond acceptors (Lipinski definition) is 6. The Morgan fingerprint density at radius 2 is 1.22 bits per heavy atom. The summed E-state index contributed by atoms with van der Waals surface area (Å²) in [5, 5.41) is 5.49. The first-order valence-corrected chi connectivity index (χ1v) is 15.7. The molecule has 0 aromatic heterocycles. The van der Waals surface area contributed by atoms with Crippen LogP contribution in [0.3, 0.4) is 0 Å². The van der Waals surface area contributed by atoms with Gasteiger partial charge >= 0.3 is 12.1 Å². The third-order valence-corrected chi connectivity index (χ3v) is 7.48. The highest BCUT2D eigenvalue weighted by Gasteiger charge is 2.17. The van der Waals surface area contributed by atoms with Crippen molar-refractivity contribution in [1.82, 2.24) is 0 Å². The van der Waals surface area contributed by atoms with Gasteiger partial charge in [-0.2, -0.15) is 0 Å². The van der Waals surface area contributed by atoms with E-state index in [0.29, 0.717) is 5.56 Å². The Balaban J connectivity index is 1.98. The quantitative estimate of drug-likeness (QED) is 0.0802. The molecule has 0 aliphatic rings. The van der Waals surface area contributed by atoms with Crippen LogP contribution in [0, 0.1) is 0 Å². The second-order valence-electron chi connectivity index (χ2n) is 9.34. The Kier molecular flexibility index (Phi) is 14.7. The van der Waals surface area contributed by atoms with E-state index in [1.54, 1.807) is 12.1 Å². The molecule has 0 unspecified atom stereocenters. The van der Waals surface area contributed by atoms with Gasteiger partial charge < -0.3 is 4.74 Å². The standard InChI is InChI=1S/C25H42O6Si/c1-5-6-7-8-9-10-11-12-13-14-15-16-21-28-25(27)30-31-29-24(26)22-17-19-23(20-18-22)32(2,3)4/h17-20H,5-16,21H2,1-4H3. The molecule has 0 bridgehead atoms. The number of carbonyl (C=O) groups excluding carboxylic acids is 2. The molecule has 0 aliphatic heterocycles. The fraction of sp³-hybridized carbons (Fsp3) is 0.680. The zero-order chi connectivity index (χ0) is 23.7. The Morgan fingerprint density at radius 1 is 0.719 bits per heavy atom. The number of carbonyl (C=O) groups is 2. The lowest BCUT2D eigenvalue weighted by atomic mass is 10.1. The highest BCUT2D eigenvalue weighted by atomic mass is 28.3. The maximum atomic E-state index is 11.9. The van der Waals surface area contributed by atoms with Gasteiger partial charge in [-0.3, -0.25) is 4.89 Å². The zero-order valence-corrected chi connectivity index (χ0v) is 21.5. The van der Waals surface area contributed by atoms with E-state index in [2.05, 4.69) is 41.4 Å². The molecule has 32 heavy (non-hydrogen) atoms. The van der Waals surface area contributed by atoms with E-state index in [-0.39, 0.29) is 6.61 Å². The van der Waals surface area contributed by atoms with Crippen LogP contribution in [0.1, 0.15) is 94.3 Å². The maximum absolute atomic E-state index is 11.9. The van der Waals surface area contributed by atoms with Crippen molar-refractivity contribution in [2.75, 3.05) is 6.61 Å². The first-order valence-electron chi connectivity index (χ1n) is 12.2. The fourth-order valence-electron chi connectivity index (χ4n) is 3.35. The van der Waals surface area contributed by atoms with E-state index >= 15 is 0 Å². The van der Waals surface area contributed by atoms with E-state index in [0.717, 1.165) is 19.3 Å². The lowest BCUT2D eigenvalue weighted by molar-refractivity contribution is -0.452. The summed E-state index contributed by atoms with van der Waals surface area (Å²) in [6.45, 7) is 9.17. The predicted octanol–water partition coefficient (Wildman–Crippen LogP) is 7.09. The topological polar surface area (TPSA) is 71.1 Å². The molecule has 0 saturated carbocycles. The Morgan fingerprint density at radius 3 is 1.72 bits per heavy atom. The van der Waals surface area contributed by atoms with Crippen molar-refractivity contribution in [3.8, 4) is 0 Å². The van der Waals surface area contributed by atoms with Crippen LogP contribution in [0.2, 0.25) is 19.6 Å². The lowest BCUT2D eigenvalue weighted by Crippen LogP contribution is -2.37. The SMILES string of the molecule is CCCCCCCCCCCCCCOC(=O)OOOC(=O)c1ccc([Si](C)(C)C)cc1. The van der Waals surface area contributed by atoms with Crippen LogP contribution in [-0.2, 0) is 19.6 Å². The molecule has 1 aromatic rings. The Bertz CT molecular complexity index is 639. The largest absolute Gasteiger partial charge is 0.543 e. The van der Waals surface area contributed by atoms with Gasteiger partial charge in [-0.05, 0) is 18.6 Å². The second-order valence-corrected chi connectivity index (χ2v) is 14.4. The monoisotopic (exact) mass is 466 g/mol. The smallest absolute Gasteiger partial charge is 0.432 e. The molecule has 0 spiro atoms. The van der Waals surface area contributed by atoms with E-state index in [1.807, 2.05) is 12.1 Å². The number of unbranched alkanes of at least 4 members (excludes halogenated alkanes) is 11. The average molecular weight is 467 g/mol. The summed E-state index contributed by atoms with van der Waals surface area (Å²) in [5.41, 5.74) is 0.320. The van der Waals surface area contributed by atoms with E-state index in [9.17, 15) is 9.59 Å². The van der Waals surface area contributed by atoms with Crippen molar-refractivity contribution in [3.63, 3.8) is 0 Å². The molecule has 0 amide bonds. The average Bonchev–Trinajstić information content (AvgIpc) is 2.76. The van der Waals surface area contributed by atoms with Crippen LogP contribution in [-0.4, -0.2) is 26.8 Å². The molecule has 6 nitrogen and oxygen atoms in total. The van der Waals surface area contributed by atoms with Gasteiger partial charge in [0.05, 0.1) is 25.3 Å². The summed E-state index contributed by atoms with van der Waals surface area (Å²) >= 11 is 0. The van der Waals surface area contributed by atoms with Gasteiger partial charge in [0, 0.05) is 0 Å². The molecule has 0 N–H and O–H groups in total. The highest BCUT2D eigenvalue weighted by Crippen LogP contribution is 2.12. The molecular formula is C25H42O6Si. The third kappa shape index (κ3) is 13.5. The van der Waals surface area contributed by atoms with Gasteiger partial charge in [-0.1, -0.05) is 115 Å². The first-order chi connectivity index (χ1) is 15.3. The zero-order valence-electron chi connectivity index (χ0n) is 20.5. The van der Waals surface area contributed by atoms with Gasteiger partial charge in [0.1, 0.15) is 0 Å². The maximum Gasteiger partial charge on any atom is 0.543 e. The van der Waals surface area contributed by atoms with Gasteiger partial charge in [0.2, 0.25) is 0 Å². The first kappa shape index (κ1) is 28.2. The molecule has 7 heteroatoms. The van der Waals surface area contributed by atoms with Crippen LogP contribution < -0.4 is 5.19 Å². The minimum Gasteiger partial charge on any atom is -0.432 e. The molecule has 0 aliphatic carbocycles. The second kappa shape index (κ2) is 16.7. The Hall–Kier alpha value is -1.86. The Labute approximate surface area is 194 Å². The molecule has 1 aromatic carbocycles. The van der Waals surface area contributed by atoms with Gasteiger partial charge in [-0.15, -0.1) is 0 Å². The van der Waals surface area contributed by atoms with Crippen molar-refractivity contribution in [2.24, 2.45) is 0 Å². The molecule has 0 heterocycles. The molecular weight excluding hydrogens is 424 g/mol. The van der Waals surface area contributed by atoms with Gasteiger partial charge in [-0.25, -0.2) is 14.5 Å². The number of hydrogen-bond donors (Lipinski definition) is 0. The van der Waals surface area contributed by atoms with Crippen LogP contribution in [0.5, 0.6) is 0 Å². The normalized spacial score (nSPS) is 11.2. The van der Waals surface area contributed by atoms with Crippen molar-refractivity contribution >= 4 is 25.4 Å².